The van der Waals surface area contributed by atoms with E-state index >= 15 is 0 Å². The Morgan fingerprint density at radius 1 is 1.15 bits per heavy atom. The fourth-order valence-electron chi connectivity index (χ4n) is 4.91. The van der Waals surface area contributed by atoms with Crippen molar-refractivity contribution in [2.75, 3.05) is 64.7 Å². The van der Waals surface area contributed by atoms with Crippen molar-refractivity contribution in [3.8, 4) is 17.1 Å². The summed E-state index contributed by atoms with van der Waals surface area (Å²) in [6.07, 6.45) is 5.50. The molecule has 1 saturated heterocycles. The van der Waals surface area contributed by atoms with Gasteiger partial charge in [0.1, 0.15) is 11.7 Å². The highest BCUT2D eigenvalue weighted by molar-refractivity contribution is 6.06. The van der Waals surface area contributed by atoms with Gasteiger partial charge in [0.15, 0.2) is 0 Å². The Balaban J connectivity index is 1.42. The van der Waals surface area contributed by atoms with Gasteiger partial charge in [0, 0.05) is 63.7 Å². The van der Waals surface area contributed by atoms with Crippen molar-refractivity contribution in [2.24, 2.45) is 7.05 Å². The van der Waals surface area contributed by atoms with Gasteiger partial charge in [-0.3, -0.25) is 14.4 Å². The highest BCUT2D eigenvalue weighted by Gasteiger charge is 2.29. The summed E-state index contributed by atoms with van der Waals surface area (Å²) in [5.74, 6) is 0.800. The lowest BCUT2D eigenvalue weighted by atomic mass is 10.1. The first-order valence-electron chi connectivity index (χ1n) is 12.9. The molecule has 4 heterocycles. The number of hydrogen-bond donors (Lipinski definition) is 3. The molecule has 1 aliphatic rings. The summed E-state index contributed by atoms with van der Waals surface area (Å²) in [5, 5.41) is 11.6. The lowest BCUT2D eigenvalue weighted by Gasteiger charge is -2.36. The molecule has 1 fully saturated rings. The number of carbonyl (C=O) groups excluding carboxylic acids is 1. The van der Waals surface area contributed by atoms with Crippen LogP contribution in [0.15, 0.2) is 36.8 Å². The number of ether oxygens (including phenoxy) is 2. The molecule has 12 heteroatoms. The van der Waals surface area contributed by atoms with Crippen LogP contribution < -0.4 is 15.4 Å². The zero-order valence-electron chi connectivity index (χ0n) is 23.0. The predicted octanol–water partition coefficient (Wildman–Crippen LogP) is 2.62. The Bertz CT molecular complexity index is 1460. The number of piperazine rings is 1. The molecule has 0 saturated carbocycles. The van der Waals surface area contributed by atoms with Gasteiger partial charge < -0.3 is 30.0 Å². The van der Waals surface area contributed by atoms with E-state index in [2.05, 4.69) is 42.5 Å². The van der Waals surface area contributed by atoms with Crippen LogP contribution in [0.3, 0.4) is 0 Å². The van der Waals surface area contributed by atoms with Crippen molar-refractivity contribution in [2.45, 2.75) is 13.0 Å². The van der Waals surface area contributed by atoms with E-state index in [4.69, 9.17) is 14.5 Å². The molecule has 1 amide bonds. The number of amides is 1. The maximum absolute atomic E-state index is 13.4. The standard InChI is InChI=1S/C27H35N9O3/c1-17-13-29-27(31-21-15-35(3)33-26(21)39-5)32-23(17)19-14-28-24-18(19)7-6-8-20(24)30-25(37)22(16-38-4)36-11-9-34(2)10-12-36/h6-8,13-15,22,28H,9-12,16H2,1-5H3,(H,30,37)(H,29,31,32). The number of H-pyrrole nitrogens is 1. The van der Waals surface area contributed by atoms with Gasteiger partial charge in [-0.25, -0.2) is 9.97 Å². The number of para-hydroxylation sites is 1. The van der Waals surface area contributed by atoms with Crippen molar-refractivity contribution >= 4 is 34.1 Å². The summed E-state index contributed by atoms with van der Waals surface area (Å²) in [6, 6.07) is 5.49. The second kappa shape index (κ2) is 11.4. The molecule has 0 spiro atoms. The molecule has 1 unspecified atom stereocenters. The average Bonchev–Trinajstić information content (AvgIpc) is 3.52. The van der Waals surface area contributed by atoms with Gasteiger partial charge in [0.05, 0.1) is 36.8 Å². The third-order valence-electron chi connectivity index (χ3n) is 7.04. The maximum atomic E-state index is 13.4. The van der Waals surface area contributed by atoms with E-state index in [-0.39, 0.29) is 11.9 Å². The molecule has 4 aromatic rings. The Morgan fingerprint density at radius 2 is 1.95 bits per heavy atom. The third-order valence-corrected chi connectivity index (χ3v) is 7.04. The SMILES string of the molecule is COCC(C(=O)Nc1cccc2c(-c3nc(Nc4cn(C)nc4OC)ncc3C)c[nH]c12)N1CCN(C)CC1. The topological polar surface area (TPSA) is 125 Å². The van der Waals surface area contributed by atoms with E-state index in [1.165, 1.54) is 0 Å². The summed E-state index contributed by atoms with van der Waals surface area (Å²) in [4.78, 5) is 30.5. The van der Waals surface area contributed by atoms with Crippen LogP contribution in [-0.2, 0) is 16.6 Å². The van der Waals surface area contributed by atoms with Crippen molar-refractivity contribution in [3.63, 3.8) is 0 Å². The molecule has 12 nitrogen and oxygen atoms in total. The quantitative estimate of drug-likeness (QED) is 0.298. The lowest BCUT2D eigenvalue weighted by Crippen LogP contribution is -2.54. The van der Waals surface area contributed by atoms with Gasteiger partial charge in [-0.1, -0.05) is 12.1 Å². The van der Waals surface area contributed by atoms with E-state index < -0.39 is 0 Å². The van der Waals surface area contributed by atoms with Gasteiger partial charge in [0.25, 0.3) is 5.88 Å². The molecule has 0 bridgehead atoms. The second-order valence-electron chi connectivity index (χ2n) is 9.81. The Morgan fingerprint density at radius 3 is 2.69 bits per heavy atom. The number of anilines is 3. The van der Waals surface area contributed by atoms with E-state index in [1.807, 2.05) is 38.4 Å². The first-order valence-corrected chi connectivity index (χ1v) is 12.9. The number of nitrogens with zero attached hydrogens (tertiary/aromatic N) is 6. The largest absolute Gasteiger partial charge is 0.478 e. The molecule has 3 aromatic heterocycles. The number of carbonyl (C=O) groups is 1. The van der Waals surface area contributed by atoms with Gasteiger partial charge in [-0.05, 0) is 25.6 Å². The first kappa shape index (κ1) is 26.6. The van der Waals surface area contributed by atoms with Crippen LogP contribution in [0.1, 0.15) is 5.56 Å². The maximum Gasteiger partial charge on any atom is 0.256 e. The van der Waals surface area contributed by atoms with Gasteiger partial charge in [-0.15, -0.1) is 5.10 Å². The molecule has 0 aliphatic carbocycles. The van der Waals surface area contributed by atoms with Crippen LogP contribution in [0.4, 0.5) is 17.3 Å². The van der Waals surface area contributed by atoms with Crippen LogP contribution >= 0.6 is 0 Å². The minimum Gasteiger partial charge on any atom is -0.478 e. The normalized spacial score (nSPS) is 15.4. The van der Waals surface area contributed by atoms with Crippen molar-refractivity contribution in [1.29, 1.82) is 0 Å². The van der Waals surface area contributed by atoms with E-state index in [0.717, 1.165) is 53.9 Å². The first-order chi connectivity index (χ1) is 18.9. The fourth-order valence-corrected chi connectivity index (χ4v) is 4.91. The average molecular weight is 534 g/mol. The molecule has 3 N–H and O–H groups in total. The van der Waals surface area contributed by atoms with Crippen LogP contribution in [0.2, 0.25) is 0 Å². The zero-order chi connectivity index (χ0) is 27.5. The summed E-state index contributed by atoms with van der Waals surface area (Å²) >= 11 is 0. The molecule has 0 radical (unpaired) electrons. The van der Waals surface area contributed by atoms with Gasteiger partial charge >= 0.3 is 0 Å². The molecular formula is C27H35N9O3. The number of hydrogen-bond acceptors (Lipinski definition) is 9. The van der Waals surface area contributed by atoms with E-state index in [9.17, 15) is 4.79 Å². The van der Waals surface area contributed by atoms with Crippen molar-refractivity contribution in [3.05, 3.63) is 42.4 Å². The predicted molar refractivity (Wildman–Crippen MR) is 150 cm³/mol. The van der Waals surface area contributed by atoms with Gasteiger partial charge in [-0.2, -0.15) is 0 Å². The van der Waals surface area contributed by atoms with Crippen molar-refractivity contribution < 1.29 is 14.3 Å². The minimum absolute atomic E-state index is 0.0832. The number of aromatic amines is 1. The number of fused-ring (bicyclic) bond motifs is 1. The Kier molecular flexibility index (Phi) is 7.77. The molecule has 1 atom stereocenters. The summed E-state index contributed by atoms with van der Waals surface area (Å²) in [5.41, 5.74) is 4.82. The van der Waals surface area contributed by atoms with Gasteiger partial charge in [0.2, 0.25) is 11.9 Å². The molecule has 1 aromatic carbocycles. The van der Waals surface area contributed by atoms with E-state index in [1.54, 1.807) is 31.3 Å². The lowest BCUT2D eigenvalue weighted by molar-refractivity contribution is -0.124. The number of benzene rings is 1. The molecule has 1 aliphatic heterocycles. The fraction of sp³-hybridized carbons (Fsp3) is 0.407. The summed E-state index contributed by atoms with van der Waals surface area (Å²) in [6.45, 7) is 5.79. The number of aromatic nitrogens is 5. The highest BCUT2D eigenvalue weighted by atomic mass is 16.5. The highest BCUT2D eigenvalue weighted by Crippen LogP contribution is 2.34. The zero-order valence-corrected chi connectivity index (χ0v) is 23.0. The Hall–Kier alpha value is -4.00. The molecule has 39 heavy (non-hydrogen) atoms. The number of rotatable bonds is 9. The number of nitrogens with one attached hydrogen (secondary N) is 3. The van der Waals surface area contributed by atoms with Crippen LogP contribution in [0.5, 0.6) is 5.88 Å². The van der Waals surface area contributed by atoms with Crippen molar-refractivity contribution in [1.82, 2.24) is 34.5 Å². The van der Waals surface area contributed by atoms with Crippen LogP contribution in [0, 0.1) is 6.92 Å². The smallest absolute Gasteiger partial charge is 0.256 e. The third kappa shape index (κ3) is 5.58. The molecule has 5 rings (SSSR count). The minimum atomic E-state index is -0.365. The van der Waals surface area contributed by atoms with E-state index in [0.29, 0.717) is 29.8 Å². The molecular weight excluding hydrogens is 498 g/mol. The summed E-state index contributed by atoms with van der Waals surface area (Å²) in [7, 11) is 7.12. The molecule has 206 valence electrons. The van der Waals surface area contributed by atoms with Crippen LogP contribution in [-0.4, -0.2) is 101 Å². The number of aryl methyl sites for hydroxylation is 2. The number of methoxy groups -OCH3 is 2. The summed E-state index contributed by atoms with van der Waals surface area (Å²) < 4.78 is 12.4. The number of likely N-dealkylation sites (N-methyl/N-ethyl adjacent to an activating group) is 1. The van der Waals surface area contributed by atoms with Crippen LogP contribution in [0.25, 0.3) is 22.2 Å². The monoisotopic (exact) mass is 533 g/mol. The Labute approximate surface area is 227 Å². The second-order valence-corrected chi connectivity index (χ2v) is 9.81.